The number of carbonyl (C=O) groups excluding carboxylic acids is 2. The van der Waals surface area contributed by atoms with Gasteiger partial charge in [0.25, 0.3) is 5.91 Å². The molecule has 4 N–H and O–H groups in total. The van der Waals surface area contributed by atoms with Crippen LogP contribution in [0, 0.1) is 0 Å². The van der Waals surface area contributed by atoms with Gasteiger partial charge in [-0.1, -0.05) is 6.92 Å². The summed E-state index contributed by atoms with van der Waals surface area (Å²) in [6.07, 6.45) is 7.81. The van der Waals surface area contributed by atoms with E-state index in [0.29, 0.717) is 24.1 Å². The molecule has 2 atom stereocenters. The van der Waals surface area contributed by atoms with Crippen molar-refractivity contribution in [3.8, 4) is 0 Å². The number of primary amides is 1. The molecule has 2 aromatic rings. The maximum absolute atomic E-state index is 12.2. The Balaban J connectivity index is 1.61. The van der Waals surface area contributed by atoms with Gasteiger partial charge in [0.2, 0.25) is 5.91 Å². The molecule has 2 bridgehead atoms. The lowest BCUT2D eigenvalue weighted by Crippen LogP contribution is -2.49. The second-order valence-corrected chi connectivity index (χ2v) is 7.00. The normalized spacial score (nSPS) is 25.3. The molecule has 2 fully saturated rings. The van der Waals surface area contributed by atoms with Crippen molar-refractivity contribution < 1.29 is 9.59 Å². The minimum absolute atomic E-state index is 0.219. The van der Waals surface area contributed by atoms with Crippen LogP contribution in [0.1, 0.15) is 49.4 Å². The highest BCUT2D eigenvalue weighted by Crippen LogP contribution is 2.38. The molecule has 4 heterocycles. The Morgan fingerprint density at radius 3 is 2.72 bits per heavy atom. The van der Waals surface area contributed by atoms with E-state index in [1.54, 1.807) is 6.20 Å². The fourth-order valence-electron chi connectivity index (χ4n) is 4.44. The number of pyridine rings is 1. The summed E-state index contributed by atoms with van der Waals surface area (Å²) in [4.78, 5) is 33.4. The number of piperidine rings is 1. The Kier molecular flexibility index (Phi) is 3.86. The van der Waals surface area contributed by atoms with Gasteiger partial charge in [-0.2, -0.15) is 0 Å². The molecule has 0 spiro atoms. The molecule has 4 rings (SSSR count). The number of nitrogens with zero attached hydrogens (tertiary/aromatic N) is 2. The summed E-state index contributed by atoms with van der Waals surface area (Å²) in [5.74, 6) is -0.236. The number of hydrogen-bond acceptors (Lipinski definition) is 4. The van der Waals surface area contributed by atoms with Crippen LogP contribution in [0.25, 0.3) is 11.0 Å². The zero-order valence-corrected chi connectivity index (χ0v) is 14.3. The largest absolute Gasteiger partial charge is 0.381 e. The van der Waals surface area contributed by atoms with Gasteiger partial charge < -0.3 is 20.9 Å². The van der Waals surface area contributed by atoms with Crippen LogP contribution in [-0.2, 0) is 4.79 Å². The number of nitrogens with one attached hydrogen (secondary N) is 2. The van der Waals surface area contributed by atoms with E-state index in [2.05, 4.69) is 20.2 Å². The maximum Gasteiger partial charge on any atom is 0.252 e. The second-order valence-electron chi connectivity index (χ2n) is 7.00. The van der Waals surface area contributed by atoms with E-state index in [1.165, 1.54) is 6.20 Å². The molecule has 0 aromatic carbocycles. The summed E-state index contributed by atoms with van der Waals surface area (Å²) in [7, 11) is 0. The Labute approximate surface area is 146 Å². The number of amides is 2. The highest BCUT2D eigenvalue weighted by atomic mass is 16.2. The van der Waals surface area contributed by atoms with Crippen LogP contribution in [0.5, 0.6) is 0 Å². The lowest BCUT2D eigenvalue weighted by molar-refractivity contribution is -0.135. The minimum atomic E-state index is -0.486. The monoisotopic (exact) mass is 341 g/mol. The predicted molar refractivity (Wildman–Crippen MR) is 95.2 cm³/mol. The molecule has 7 nitrogen and oxygen atoms in total. The van der Waals surface area contributed by atoms with Crippen molar-refractivity contribution in [1.82, 2.24) is 14.9 Å². The van der Waals surface area contributed by atoms with Crippen molar-refractivity contribution in [1.29, 1.82) is 0 Å². The van der Waals surface area contributed by atoms with Crippen molar-refractivity contribution in [2.24, 2.45) is 5.73 Å². The summed E-state index contributed by atoms with van der Waals surface area (Å²) < 4.78 is 0. The zero-order chi connectivity index (χ0) is 17.6. The van der Waals surface area contributed by atoms with E-state index < -0.39 is 5.91 Å². The van der Waals surface area contributed by atoms with Gasteiger partial charge in [0.05, 0.1) is 11.3 Å². The molecule has 2 saturated heterocycles. The smallest absolute Gasteiger partial charge is 0.252 e. The third kappa shape index (κ3) is 2.63. The molecule has 2 aromatic heterocycles. The topological polar surface area (TPSA) is 104 Å². The molecule has 0 radical (unpaired) electrons. The average molecular weight is 341 g/mol. The number of carbonyl (C=O) groups is 2. The lowest BCUT2D eigenvalue weighted by atomic mass is 9.96. The number of H-pyrrole nitrogens is 1. The lowest BCUT2D eigenvalue weighted by Gasteiger charge is -2.39. The summed E-state index contributed by atoms with van der Waals surface area (Å²) in [6, 6.07) is 2.71. The number of anilines is 1. The number of fused-ring (bicyclic) bond motifs is 3. The fraction of sp³-hybridized carbons (Fsp3) is 0.500. The van der Waals surface area contributed by atoms with Crippen LogP contribution in [-0.4, -0.2) is 44.8 Å². The fourth-order valence-corrected chi connectivity index (χ4v) is 4.44. The number of hydrogen-bond donors (Lipinski definition) is 3. The molecule has 0 unspecified atom stereocenters. The Hall–Kier alpha value is -2.57. The van der Waals surface area contributed by atoms with E-state index in [0.717, 1.165) is 42.4 Å². The van der Waals surface area contributed by atoms with Gasteiger partial charge in [-0.15, -0.1) is 0 Å². The van der Waals surface area contributed by atoms with Crippen molar-refractivity contribution >= 4 is 28.5 Å². The first-order chi connectivity index (χ1) is 12.1. The third-order valence-electron chi connectivity index (χ3n) is 5.52. The van der Waals surface area contributed by atoms with Gasteiger partial charge in [-0.3, -0.25) is 9.59 Å². The van der Waals surface area contributed by atoms with Gasteiger partial charge in [-0.05, 0) is 31.7 Å². The van der Waals surface area contributed by atoms with Crippen molar-refractivity contribution in [3.05, 3.63) is 24.0 Å². The van der Waals surface area contributed by atoms with Crippen LogP contribution in [0.4, 0.5) is 5.69 Å². The zero-order valence-electron chi connectivity index (χ0n) is 14.3. The first-order valence-corrected chi connectivity index (χ1v) is 8.92. The van der Waals surface area contributed by atoms with Gasteiger partial charge in [0.1, 0.15) is 5.65 Å². The van der Waals surface area contributed by atoms with Gasteiger partial charge in [-0.25, -0.2) is 4.98 Å². The van der Waals surface area contributed by atoms with Crippen molar-refractivity contribution in [2.45, 2.75) is 57.2 Å². The van der Waals surface area contributed by atoms with Crippen LogP contribution >= 0.6 is 0 Å². The molecule has 0 aliphatic carbocycles. The Morgan fingerprint density at radius 2 is 2.08 bits per heavy atom. The van der Waals surface area contributed by atoms with Crippen LogP contribution < -0.4 is 11.1 Å². The highest BCUT2D eigenvalue weighted by molar-refractivity contribution is 6.06. The Morgan fingerprint density at radius 1 is 1.36 bits per heavy atom. The Bertz CT molecular complexity index is 816. The molecule has 25 heavy (non-hydrogen) atoms. The summed E-state index contributed by atoms with van der Waals surface area (Å²) in [5.41, 5.74) is 7.43. The predicted octanol–water partition coefficient (Wildman–Crippen LogP) is 2.01. The van der Waals surface area contributed by atoms with Crippen molar-refractivity contribution in [3.63, 3.8) is 0 Å². The molecular weight excluding hydrogens is 318 g/mol. The number of nitrogens with two attached hydrogens (primary N) is 1. The van der Waals surface area contributed by atoms with E-state index in [9.17, 15) is 9.59 Å². The van der Waals surface area contributed by atoms with Crippen LogP contribution in [0.3, 0.4) is 0 Å². The molecule has 2 aliphatic heterocycles. The number of aromatic amines is 1. The second kappa shape index (κ2) is 6.06. The van der Waals surface area contributed by atoms with Gasteiger partial charge >= 0.3 is 0 Å². The van der Waals surface area contributed by atoms with Gasteiger partial charge in [0.15, 0.2) is 0 Å². The van der Waals surface area contributed by atoms with E-state index in [1.807, 2.05) is 13.0 Å². The number of aromatic nitrogens is 2. The van der Waals surface area contributed by atoms with Crippen LogP contribution in [0.2, 0.25) is 0 Å². The minimum Gasteiger partial charge on any atom is -0.381 e. The quantitative estimate of drug-likeness (QED) is 0.791. The van der Waals surface area contributed by atoms with Crippen molar-refractivity contribution in [2.75, 3.05) is 5.32 Å². The summed E-state index contributed by atoms with van der Waals surface area (Å²) in [5, 5.41) is 4.41. The number of rotatable bonds is 4. The first-order valence-electron chi connectivity index (χ1n) is 8.92. The SMILES string of the molecule is CCC(=O)N1[C@H]2CC[C@H]1CC(Nc1c(C(N)=O)cnc3[nH]ccc13)C2. The van der Waals surface area contributed by atoms with Gasteiger partial charge in [0, 0.05) is 42.3 Å². The molecule has 7 heteroatoms. The average Bonchev–Trinajstić information content (AvgIpc) is 3.17. The standard InChI is InChI=1S/C18H23N5O2/c1-2-15(24)23-11-3-4-12(23)8-10(7-11)22-16-13-5-6-20-18(13)21-9-14(16)17(19)25/h5-6,9-12H,2-4,7-8H2,1H3,(H2,19,25)(H2,20,21,22)/t11-,12-/m0/s1. The summed E-state index contributed by atoms with van der Waals surface area (Å²) >= 11 is 0. The molecule has 2 aliphatic rings. The van der Waals surface area contributed by atoms with Crippen LogP contribution in [0.15, 0.2) is 18.5 Å². The molecule has 0 saturated carbocycles. The van der Waals surface area contributed by atoms with E-state index in [4.69, 9.17) is 5.73 Å². The highest BCUT2D eigenvalue weighted by Gasteiger charge is 2.42. The maximum atomic E-state index is 12.2. The third-order valence-corrected chi connectivity index (χ3v) is 5.52. The summed E-state index contributed by atoms with van der Waals surface area (Å²) in [6.45, 7) is 1.92. The first kappa shape index (κ1) is 15.9. The molecule has 132 valence electrons. The molecule has 2 amide bonds. The van der Waals surface area contributed by atoms with E-state index >= 15 is 0 Å². The molecular formula is C18H23N5O2. The van der Waals surface area contributed by atoms with E-state index in [-0.39, 0.29) is 11.9 Å².